The molecule has 0 aliphatic carbocycles. The van der Waals surface area contributed by atoms with Crippen molar-refractivity contribution in [3.05, 3.63) is 15.0 Å². The van der Waals surface area contributed by atoms with Crippen LogP contribution in [0.4, 0.5) is 0 Å². The molecule has 1 heterocycles. The van der Waals surface area contributed by atoms with Crippen LogP contribution >= 0.6 is 27.3 Å². The van der Waals surface area contributed by atoms with E-state index < -0.39 is 0 Å². The Morgan fingerprint density at radius 2 is 2.46 bits per heavy atom. The molecule has 1 N–H and O–H groups in total. The van der Waals surface area contributed by atoms with E-state index in [9.17, 15) is 4.79 Å². The molecule has 0 aliphatic heterocycles. The fourth-order valence-electron chi connectivity index (χ4n) is 0.731. The van der Waals surface area contributed by atoms with Gasteiger partial charge in [-0.3, -0.25) is 4.79 Å². The van der Waals surface area contributed by atoms with Gasteiger partial charge in [-0.15, -0.1) is 11.3 Å². The highest BCUT2D eigenvalue weighted by molar-refractivity contribution is 9.10. The third kappa shape index (κ3) is 3.44. The molecule has 72 valence electrons. The molecule has 0 spiro atoms. The van der Waals surface area contributed by atoms with Crippen molar-refractivity contribution in [3.8, 4) is 0 Å². The minimum absolute atomic E-state index is 0.0931. The number of nitrogens with zero attached hydrogens (tertiary/aromatic N) is 1. The second kappa shape index (κ2) is 4.72. The number of thiazole rings is 1. The summed E-state index contributed by atoms with van der Waals surface area (Å²) in [6.45, 7) is 4.80. The van der Waals surface area contributed by atoms with Gasteiger partial charge in [0.15, 0.2) is 5.01 Å². The number of halogens is 1. The maximum absolute atomic E-state index is 11.4. The molecule has 1 aromatic heterocycles. The fraction of sp³-hybridized carbons (Fsp3) is 0.500. The summed E-state index contributed by atoms with van der Waals surface area (Å²) in [4.78, 5) is 15.4. The van der Waals surface area contributed by atoms with Crippen LogP contribution in [0.2, 0.25) is 0 Å². The molecule has 1 aromatic rings. The molecule has 3 nitrogen and oxygen atoms in total. The van der Waals surface area contributed by atoms with Gasteiger partial charge in [0.1, 0.15) is 4.60 Å². The number of nitrogens with one attached hydrogen (secondary N) is 1. The molecule has 0 saturated carbocycles. The van der Waals surface area contributed by atoms with Crippen LogP contribution in [0.3, 0.4) is 0 Å². The molecule has 1 amide bonds. The van der Waals surface area contributed by atoms with Crippen LogP contribution in [-0.4, -0.2) is 17.4 Å². The normalized spacial score (nSPS) is 10.5. The fourth-order valence-corrected chi connectivity index (χ4v) is 1.90. The Labute approximate surface area is 89.7 Å². The number of rotatable bonds is 3. The van der Waals surface area contributed by atoms with Crippen LogP contribution in [0.25, 0.3) is 0 Å². The molecule has 0 bridgehead atoms. The largest absolute Gasteiger partial charge is 0.350 e. The van der Waals surface area contributed by atoms with E-state index in [0.29, 0.717) is 22.1 Å². The van der Waals surface area contributed by atoms with Crippen molar-refractivity contribution in [3.63, 3.8) is 0 Å². The maximum Gasteiger partial charge on any atom is 0.280 e. The first-order valence-electron chi connectivity index (χ1n) is 3.99. The van der Waals surface area contributed by atoms with Crippen molar-refractivity contribution in [2.24, 2.45) is 5.92 Å². The molecule has 0 aromatic carbocycles. The molecular formula is C8H11BrN2OS. The molecular weight excluding hydrogens is 252 g/mol. The molecule has 0 radical (unpaired) electrons. The van der Waals surface area contributed by atoms with Crippen molar-refractivity contribution in [1.29, 1.82) is 0 Å². The SMILES string of the molecule is CC(C)CNC(=O)c1nc(Br)cs1. The molecule has 0 fully saturated rings. The number of carbonyl (C=O) groups excluding carboxylic acids is 1. The van der Waals surface area contributed by atoms with Crippen molar-refractivity contribution < 1.29 is 4.79 Å². The highest BCUT2D eigenvalue weighted by Crippen LogP contribution is 2.14. The van der Waals surface area contributed by atoms with Gasteiger partial charge in [-0.1, -0.05) is 13.8 Å². The minimum atomic E-state index is -0.0931. The molecule has 1 rings (SSSR count). The molecule has 0 saturated heterocycles. The summed E-state index contributed by atoms with van der Waals surface area (Å²) in [5.74, 6) is 0.372. The Kier molecular flexibility index (Phi) is 3.87. The lowest BCUT2D eigenvalue weighted by molar-refractivity contribution is 0.0948. The van der Waals surface area contributed by atoms with Gasteiger partial charge >= 0.3 is 0 Å². The quantitative estimate of drug-likeness (QED) is 0.909. The van der Waals surface area contributed by atoms with Crippen molar-refractivity contribution >= 4 is 33.2 Å². The van der Waals surface area contributed by atoms with Crippen molar-refractivity contribution in [1.82, 2.24) is 10.3 Å². The summed E-state index contributed by atoms with van der Waals surface area (Å²) in [7, 11) is 0. The smallest absolute Gasteiger partial charge is 0.280 e. The molecule has 0 atom stereocenters. The molecule has 0 unspecified atom stereocenters. The van der Waals surface area contributed by atoms with Gasteiger partial charge in [0, 0.05) is 11.9 Å². The Bertz CT molecular complexity index is 298. The number of hydrogen-bond donors (Lipinski definition) is 1. The zero-order valence-corrected chi connectivity index (χ0v) is 9.91. The highest BCUT2D eigenvalue weighted by atomic mass is 79.9. The van der Waals surface area contributed by atoms with Gasteiger partial charge in [0.2, 0.25) is 0 Å². The van der Waals surface area contributed by atoms with Crippen LogP contribution in [0.1, 0.15) is 23.6 Å². The number of carbonyl (C=O) groups is 1. The summed E-state index contributed by atoms with van der Waals surface area (Å²) in [6.07, 6.45) is 0. The lowest BCUT2D eigenvalue weighted by atomic mass is 10.2. The van der Waals surface area contributed by atoms with E-state index in [1.165, 1.54) is 11.3 Å². The standard InChI is InChI=1S/C8H11BrN2OS/c1-5(2)3-10-7(12)8-11-6(9)4-13-8/h4-5H,3H2,1-2H3,(H,10,12). The van der Waals surface area contributed by atoms with Crippen LogP contribution in [-0.2, 0) is 0 Å². The van der Waals surface area contributed by atoms with Crippen LogP contribution in [0, 0.1) is 5.92 Å². The third-order valence-corrected chi connectivity index (χ3v) is 2.89. The Balaban J connectivity index is 2.49. The van der Waals surface area contributed by atoms with Crippen molar-refractivity contribution in [2.75, 3.05) is 6.54 Å². The van der Waals surface area contributed by atoms with Gasteiger partial charge in [0.05, 0.1) is 0 Å². The third-order valence-electron chi connectivity index (χ3n) is 1.34. The first kappa shape index (κ1) is 10.7. The van der Waals surface area contributed by atoms with Crippen LogP contribution in [0.15, 0.2) is 9.98 Å². The number of amides is 1. The molecule has 13 heavy (non-hydrogen) atoms. The topological polar surface area (TPSA) is 42.0 Å². The van der Waals surface area contributed by atoms with E-state index in [0.717, 1.165) is 0 Å². The minimum Gasteiger partial charge on any atom is -0.350 e. The summed E-state index contributed by atoms with van der Waals surface area (Å²) in [6, 6.07) is 0. The van der Waals surface area contributed by atoms with Crippen molar-refractivity contribution in [2.45, 2.75) is 13.8 Å². The van der Waals surface area contributed by atoms with Gasteiger partial charge in [-0.2, -0.15) is 0 Å². The lowest BCUT2D eigenvalue weighted by Crippen LogP contribution is -2.27. The van der Waals surface area contributed by atoms with E-state index in [4.69, 9.17) is 0 Å². The van der Waals surface area contributed by atoms with Crippen LogP contribution in [0.5, 0.6) is 0 Å². The second-order valence-electron chi connectivity index (χ2n) is 3.08. The van der Waals surface area contributed by atoms with Gasteiger partial charge in [0.25, 0.3) is 5.91 Å². The lowest BCUT2D eigenvalue weighted by Gasteiger charge is -2.04. The van der Waals surface area contributed by atoms with E-state index in [1.54, 1.807) is 5.38 Å². The van der Waals surface area contributed by atoms with Gasteiger partial charge in [-0.25, -0.2) is 4.98 Å². The van der Waals surface area contributed by atoms with E-state index in [2.05, 4.69) is 40.1 Å². The summed E-state index contributed by atoms with van der Waals surface area (Å²) < 4.78 is 0.715. The van der Waals surface area contributed by atoms with E-state index in [1.807, 2.05) is 0 Å². The average molecular weight is 263 g/mol. The van der Waals surface area contributed by atoms with E-state index >= 15 is 0 Å². The molecule has 0 aliphatic rings. The monoisotopic (exact) mass is 262 g/mol. The summed E-state index contributed by atoms with van der Waals surface area (Å²) >= 11 is 4.54. The summed E-state index contributed by atoms with van der Waals surface area (Å²) in [5.41, 5.74) is 0. The Morgan fingerprint density at radius 1 is 1.77 bits per heavy atom. The van der Waals surface area contributed by atoms with E-state index in [-0.39, 0.29) is 5.91 Å². The van der Waals surface area contributed by atoms with Gasteiger partial charge < -0.3 is 5.32 Å². The zero-order valence-electron chi connectivity index (χ0n) is 7.50. The number of aromatic nitrogens is 1. The average Bonchev–Trinajstić information content (AvgIpc) is 2.47. The predicted octanol–water partition coefficient (Wildman–Crippen LogP) is 2.29. The Hall–Kier alpha value is -0.420. The first-order chi connectivity index (χ1) is 6.09. The van der Waals surface area contributed by atoms with Crippen LogP contribution < -0.4 is 5.32 Å². The first-order valence-corrected chi connectivity index (χ1v) is 5.66. The molecule has 5 heteroatoms. The number of hydrogen-bond acceptors (Lipinski definition) is 3. The predicted molar refractivity (Wildman–Crippen MR) is 57.0 cm³/mol. The van der Waals surface area contributed by atoms with Gasteiger partial charge in [-0.05, 0) is 21.8 Å². The summed E-state index contributed by atoms with van der Waals surface area (Å²) in [5, 5.41) is 5.10. The Morgan fingerprint density at radius 3 is 2.92 bits per heavy atom. The highest BCUT2D eigenvalue weighted by Gasteiger charge is 2.09. The maximum atomic E-state index is 11.4. The second-order valence-corrected chi connectivity index (χ2v) is 4.75. The zero-order chi connectivity index (χ0) is 9.84.